The predicted octanol–water partition coefficient (Wildman–Crippen LogP) is 2.24. The first-order valence-corrected chi connectivity index (χ1v) is 10.0. The average molecular weight is 373 g/mol. The average Bonchev–Trinajstić information content (AvgIpc) is 2.72. The maximum atomic E-state index is 12.5. The highest BCUT2D eigenvalue weighted by Crippen LogP contribution is 2.19. The van der Waals surface area contributed by atoms with E-state index in [2.05, 4.69) is 16.7 Å². The number of carbonyl (C=O) groups excluding carboxylic acids is 2. The van der Waals surface area contributed by atoms with Crippen molar-refractivity contribution >= 4 is 17.6 Å². The van der Waals surface area contributed by atoms with Crippen LogP contribution in [-0.2, 0) is 9.53 Å². The highest BCUT2D eigenvalue weighted by Gasteiger charge is 2.23. The predicted molar refractivity (Wildman–Crippen MR) is 106 cm³/mol. The number of piperazine rings is 1. The first-order chi connectivity index (χ1) is 13.1. The molecule has 1 aromatic rings. The second-order valence-corrected chi connectivity index (χ2v) is 7.70. The summed E-state index contributed by atoms with van der Waals surface area (Å²) in [6.07, 6.45) is 3.19. The molecule has 6 heteroatoms. The molecule has 2 saturated heterocycles. The van der Waals surface area contributed by atoms with Gasteiger partial charge in [-0.1, -0.05) is 6.92 Å². The fourth-order valence-electron chi connectivity index (χ4n) is 4.04. The van der Waals surface area contributed by atoms with Gasteiger partial charge in [0, 0.05) is 51.4 Å². The number of carbonyl (C=O) groups is 2. The van der Waals surface area contributed by atoms with Crippen LogP contribution in [0.4, 0.5) is 5.69 Å². The first kappa shape index (κ1) is 19.7. The topological polar surface area (TPSA) is 53.1 Å². The highest BCUT2D eigenvalue weighted by atomic mass is 16.5. The standard InChI is InChI=1S/C21H31N3O3/c1-17-4-3-10-22(16-17)11-9-20(25)24-14-12-23(13-15-24)19-7-5-18(6-8-19)21(26)27-2/h5-8,17H,3-4,9-16H2,1-2H3/t17-/m1/s1. The van der Waals surface area contributed by atoms with Gasteiger partial charge in [0.15, 0.2) is 0 Å². The Morgan fingerprint density at radius 3 is 2.41 bits per heavy atom. The molecule has 0 spiro atoms. The van der Waals surface area contributed by atoms with Crippen LogP contribution in [0, 0.1) is 5.92 Å². The van der Waals surface area contributed by atoms with E-state index in [4.69, 9.17) is 4.74 Å². The molecule has 1 atom stereocenters. The van der Waals surface area contributed by atoms with E-state index in [-0.39, 0.29) is 11.9 Å². The molecule has 0 radical (unpaired) electrons. The van der Waals surface area contributed by atoms with Crippen molar-refractivity contribution in [3.05, 3.63) is 29.8 Å². The monoisotopic (exact) mass is 373 g/mol. The van der Waals surface area contributed by atoms with Crippen LogP contribution >= 0.6 is 0 Å². The van der Waals surface area contributed by atoms with Crippen LogP contribution in [-0.4, -0.2) is 74.6 Å². The van der Waals surface area contributed by atoms with E-state index in [1.165, 1.54) is 20.0 Å². The highest BCUT2D eigenvalue weighted by molar-refractivity contribution is 5.89. The molecule has 148 valence electrons. The van der Waals surface area contributed by atoms with Crippen molar-refractivity contribution in [2.75, 3.05) is 57.8 Å². The van der Waals surface area contributed by atoms with Gasteiger partial charge in [-0.15, -0.1) is 0 Å². The van der Waals surface area contributed by atoms with E-state index < -0.39 is 0 Å². The van der Waals surface area contributed by atoms with Crippen molar-refractivity contribution in [3.8, 4) is 0 Å². The second kappa shape index (κ2) is 9.22. The summed E-state index contributed by atoms with van der Waals surface area (Å²) in [5, 5.41) is 0. The van der Waals surface area contributed by atoms with E-state index in [9.17, 15) is 9.59 Å². The number of methoxy groups -OCH3 is 1. The lowest BCUT2D eigenvalue weighted by atomic mass is 10.0. The third-order valence-corrected chi connectivity index (χ3v) is 5.67. The molecular formula is C21H31N3O3. The number of esters is 1. The molecule has 6 nitrogen and oxygen atoms in total. The fourth-order valence-corrected chi connectivity index (χ4v) is 4.04. The van der Waals surface area contributed by atoms with Crippen LogP contribution in [0.3, 0.4) is 0 Å². The lowest BCUT2D eigenvalue weighted by Gasteiger charge is -2.37. The number of piperidine rings is 1. The maximum absolute atomic E-state index is 12.5. The van der Waals surface area contributed by atoms with Gasteiger partial charge in [-0.3, -0.25) is 4.79 Å². The largest absolute Gasteiger partial charge is 0.465 e. The fraction of sp³-hybridized carbons (Fsp3) is 0.619. The van der Waals surface area contributed by atoms with Gasteiger partial charge in [0.05, 0.1) is 12.7 Å². The molecule has 2 aliphatic heterocycles. The van der Waals surface area contributed by atoms with Gasteiger partial charge in [0.1, 0.15) is 0 Å². The Morgan fingerprint density at radius 2 is 1.78 bits per heavy atom. The molecule has 0 aromatic heterocycles. The number of ether oxygens (including phenoxy) is 1. The summed E-state index contributed by atoms with van der Waals surface area (Å²) in [5.74, 6) is 0.706. The number of likely N-dealkylation sites (tertiary alicyclic amines) is 1. The lowest BCUT2D eigenvalue weighted by Crippen LogP contribution is -2.49. The zero-order valence-corrected chi connectivity index (χ0v) is 16.5. The van der Waals surface area contributed by atoms with E-state index in [0.717, 1.165) is 57.4 Å². The van der Waals surface area contributed by atoms with Crippen LogP contribution in [0.2, 0.25) is 0 Å². The van der Waals surface area contributed by atoms with Gasteiger partial charge < -0.3 is 19.4 Å². The summed E-state index contributed by atoms with van der Waals surface area (Å²) in [7, 11) is 1.39. The Balaban J connectivity index is 1.44. The zero-order valence-electron chi connectivity index (χ0n) is 16.5. The third-order valence-electron chi connectivity index (χ3n) is 5.67. The Kier molecular flexibility index (Phi) is 6.72. The third kappa shape index (κ3) is 5.22. The Labute approximate surface area is 162 Å². The van der Waals surface area contributed by atoms with Gasteiger partial charge in [-0.05, 0) is 49.6 Å². The number of anilines is 1. The smallest absolute Gasteiger partial charge is 0.337 e. The molecule has 27 heavy (non-hydrogen) atoms. The molecule has 0 N–H and O–H groups in total. The summed E-state index contributed by atoms with van der Waals surface area (Å²) >= 11 is 0. The molecule has 2 heterocycles. The van der Waals surface area contributed by atoms with Gasteiger partial charge in [-0.25, -0.2) is 4.79 Å². The number of benzene rings is 1. The Bertz CT molecular complexity index is 639. The van der Waals surface area contributed by atoms with Crippen molar-refractivity contribution in [1.29, 1.82) is 0 Å². The van der Waals surface area contributed by atoms with E-state index in [0.29, 0.717) is 12.0 Å². The van der Waals surface area contributed by atoms with E-state index in [1.807, 2.05) is 17.0 Å². The number of hydrogen-bond donors (Lipinski definition) is 0. The lowest BCUT2D eigenvalue weighted by molar-refractivity contribution is -0.131. The molecule has 2 aliphatic rings. The first-order valence-electron chi connectivity index (χ1n) is 10.0. The van der Waals surface area contributed by atoms with E-state index in [1.54, 1.807) is 12.1 Å². The molecule has 3 rings (SSSR count). The number of rotatable bonds is 5. The maximum Gasteiger partial charge on any atom is 0.337 e. The molecule has 1 amide bonds. The minimum atomic E-state index is -0.319. The summed E-state index contributed by atoms with van der Waals surface area (Å²) in [6, 6.07) is 7.47. The minimum absolute atomic E-state index is 0.272. The molecule has 2 fully saturated rings. The zero-order chi connectivity index (χ0) is 19.2. The van der Waals surface area contributed by atoms with Crippen molar-refractivity contribution < 1.29 is 14.3 Å². The molecule has 0 bridgehead atoms. The van der Waals surface area contributed by atoms with E-state index >= 15 is 0 Å². The van der Waals surface area contributed by atoms with Gasteiger partial charge in [0.2, 0.25) is 5.91 Å². The summed E-state index contributed by atoms with van der Waals surface area (Å²) in [6.45, 7) is 8.61. The molecule has 0 unspecified atom stereocenters. The number of nitrogens with zero attached hydrogens (tertiary/aromatic N) is 3. The van der Waals surface area contributed by atoms with Crippen molar-refractivity contribution in [2.45, 2.75) is 26.2 Å². The quantitative estimate of drug-likeness (QED) is 0.741. The van der Waals surface area contributed by atoms with Crippen LogP contribution < -0.4 is 4.90 Å². The minimum Gasteiger partial charge on any atom is -0.465 e. The van der Waals surface area contributed by atoms with Crippen molar-refractivity contribution in [3.63, 3.8) is 0 Å². The van der Waals surface area contributed by atoms with Crippen LogP contribution in [0.25, 0.3) is 0 Å². The van der Waals surface area contributed by atoms with Crippen molar-refractivity contribution in [1.82, 2.24) is 9.80 Å². The SMILES string of the molecule is COC(=O)c1ccc(N2CCN(C(=O)CCN3CCC[C@@H](C)C3)CC2)cc1. The Morgan fingerprint density at radius 1 is 1.07 bits per heavy atom. The molecule has 0 aliphatic carbocycles. The summed E-state index contributed by atoms with van der Waals surface area (Å²) in [4.78, 5) is 30.8. The van der Waals surface area contributed by atoms with Gasteiger partial charge >= 0.3 is 5.97 Å². The number of amides is 1. The Hall–Kier alpha value is -2.08. The summed E-state index contributed by atoms with van der Waals surface area (Å²) < 4.78 is 4.73. The van der Waals surface area contributed by atoms with Crippen LogP contribution in [0.15, 0.2) is 24.3 Å². The molecule has 0 saturated carbocycles. The van der Waals surface area contributed by atoms with Crippen molar-refractivity contribution in [2.24, 2.45) is 5.92 Å². The summed E-state index contributed by atoms with van der Waals surface area (Å²) in [5.41, 5.74) is 1.64. The molecular weight excluding hydrogens is 342 g/mol. The normalized spacial score (nSPS) is 21.2. The van der Waals surface area contributed by atoms with Gasteiger partial charge in [0.25, 0.3) is 0 Å². The molecule has 1 aromatic carbocycles. The second-order valence-electron chi connectivity index (χ2n) is 7.70. The number of hydrogen-bond acceptors (Lipinski definition) is 5. The van der Waals surface area contributed by atoms with Crippen LogP contribution in [0.1, 0.15) is 36.5 Å². The van der Waals surface area contributed by atoms with Crippen LogP contribution in [0.5, 0.6) is 0 Å². The van der Waals surface area contributed by atoms with Gasteiger partial charge in [-0.2, -0.15) is 0 Å².